The molecule has 7 atom stereocenters. The van der Waals surface area contributed by atoms with Crippen molar-refractivity contribution >= 4 is 39.5 Å². The Bertz CT molecular complexity index is 1860. The second-order valence-corrected chi connectivity index (χ2v) is 31.1. The van der Waals surface area contributed by atoms with Crippen LogP contribution in [0.1, 0.15) is 401 Å². The summed E-state index contributed by atoms with van der Waals surface area (Å²) in [6.07, 6.45) is 56.8. The number of carbonyl (C=O) groups excluding carboxylic acids is 4. The van der Waals surface area contributed by atoms with Gasteiger partial charge in [0.1, 0.15) is 19.3 Å². The minimum Gasteiger partial charge on any atom is -0.462 e. The second kappa shape index (κ2) is 68.8. The van der Waals surface area contributed by atoms with E-state index in [1.54, 1.807) is 0 Å². The van der Waals surface area contributed by atoms with Crippen LogP contribution in [0.15, 0.2) is 0 Å². The van der Waals surface area contributed by atoms with Crippen LogP contribution in [0, 0.1) is 11.8 Å². The summed E-state index contributed by atoms with van der Waals surface area (Å²) >= 11 is 0. The maximum absolute atomic E-state index is 13.1. The van der Waals surface area contributed by atoms with Gasteiger partial charge in [0.05, 0.1) is 26.4 Å². The zero-order valence-electron chi connectivity index (χ0n) is 62.7. The monoisotopic (exact) mass is 1410 g/mol. The van der Waals surface area contributed by atoms with E-state index in [4.69, 9.17) is 37.0 Å². The van der Waals surface area contributed by atoms with Gasteiger partial charge in [0.2, 0.25) is 0 Å². The summed E-state index contributed by atoms with van der Waals surface area (Å²) in [5, 5.41) is 10.6. The number of carbonyl (C=O) groups is 4. The van der Waals surface area contributed by atoms with Gasteiger partial charge in [-0.1, -0.05) is 350 Å². The van der Waals surface area contributed by atoms with Crippen molar-refractivity contribution in [3.63, 3.8) is 0 Å². The molecule has 0 aromatic carbocycles. The smallest absolute Gasteiger partial charge is 0.462 e. The van der Waals surface area contributed by atoms with E-state index in [1.165, 1.54) is 218 Å². The molecule has 0 aromatic heterocycles. The quantitative estimate of drug-likeness (QED) is 0.0222. The topological polar surface area (TPSA) is 237 Å². The summed E-state index contributed by atoms with van der Waals surface area (Å²) in [6.45, 7) is 9.66. The van der Waals surface area contributed by atoms with Crippen molar-refractivity contribution in [2.24, 2.45) is 11.8 Å². The Morgan fingerprint density at radius 1 is 0.292 bits per heavy atom. The molecule has 0 rings (SSSR count). The third-order valence-electron chi connectivity index (χ3n) is 18.7. The van der Waals surface area contributed by atoms with Gasteiger partial charge in [-0.15, -0.1) is 0 Å². The summed E-state index contributed by atoms with van der Waals surface area (Å²) < 4.78 is 68.5. The number of phosphoric ester groups is 2. The van der Waals surface area contributed by atoms with Gasteiger partial charge in [-0.25, -0.2) is 9.13 Å². The van der Waals surface area contributed by atoms with Gasteiger partial charge in [0.15, 0.2) is 12.2 Å². The Kier molecular flexibility index (Phi) is 67.4. The zero-order valence-corrected chi connectivity index (χ0v) is 64.5. The standard InChI is InChI=1S/C77H150O17P2/c1-7-11-13-15-17-19-21-31-35-43-49-55-61-76(81)93-72(65-87-74(79)59-53-47-41-34-20-18-16-14-12-8-2)67-91-95(83,84)89-63-71(78)64-90-96(85,86)92-68-73(66-88-75(80)60-54-48-42-38-37-40-46-52-58-70(6)10-4)94-77(82)62-56-50-44-36-32-29-27-25-23-22-24-26-28-30-33-39-45-51-57-69(5)9-3/h69-73,78H,7-68H2,1-6H3,(H,83,84)(H,85,86)/t69?,70?,71-,72+,73+/m0/s1. The van der Waals surface area contributed by atoms with Crippen LogP contribution in [0.4, 0.5) is 0 Å². The number of ether oxygens (including phenoxy) is 4. The fraction of sp³-hybridized carbons (Fsp3) is 0.948. The number of unbranched alkanes of at least 4 members (excludes halogenated alkanes) is 44. The molecule has 0 aliphatic rings. The first-order valence-corrected chi connectivity index (χ1v) is 43.1. The lowest BCUT2D eigenvalue weighted by atomic mass is 9.99. The van der Waals surface area contributed by atoms with Crippen LogP contribution in [-0.2, 0) is 65.4 Å². The van der Waals surface area contributed by atoms with E-state index in [1.807, 2.05) is 0 Å². The van der Waals surface area contributed by atoms with Gasteiger partial charge < -0.3 is 33.8 Å². The lowest BCUT2D eigenvalue weighted by Crippen LogP contribution is -2.30. The maximum atomic E-state index is 13.1. The van der Waals surface area contributed by atoms with Gasteiger partial charge >= 0.3 is 39.5 Å². The Morgan fingerprint density at radius 3 is 0.740 bits per heavy atom. The molecule has 0 bridgehead atoms. The molecular formula is C77H150O17P2. The molecule has 570 valence electrons. The average Bonchev–Trinajstić information content (AvgIpc) is 1.80. The summed E-state index contributed by atoms with van der Waals surface area (Å²) in [4.78, 5) is 72.8. The summed E-state index contributed by atoms with van der Waals surface area (Å²) in [5.41, 5.74) is 0. The molecule has 0 amide bonds. The van der Waals surface area contributed by atoms with E-state index in [0.717, 1.165) is 102 Å². The minimum absolute atomic E-state index is 0.107. The van der Waals surface area contributed by atoms with Crippen molar-refractivity contribution in [2.75, 3.05) is 39.6 Å². The van der Waals surface area contributed by atoms with Gasteiger partial charge in [-0.05, 0) is 37.5 Å². The normalized spacial score (nSPS) is 14.6. The number of aliphatic hydroxyl groups excluding tert-OH is 1. The largest absolute Gasteiger partial charge is 0.472 e. The molecule has 96 heavy (non-hydrogen) atoms. The number of hydrogen-bond donors (Lipinski definition) is 3. The lowest BCUT2D eigenvalue weighted by Gasteiger charge is -2.21. The summed E-state index contributed by atoms with van der Waals surface area (Å²) in [7, 11) is -9.91. The number of esters is 4. The van der Waals surface area contributed by atoms with Crippen LogP contribution < -0.4 is 0 Å². The third-order valence-corrected chi connectivity index (χ3v) is 20.6. The Hall–Kier alpha value is -1.94. The molecule has 19 heteroatoms. The van der Waals surface area contributed by atoms with Crippen LogP contribution in [-0.4, -0.2) is 96.7 Å². The Morgan fingerprint density at radius 2 is 0.500 bits per heavy atom. The molecule has 17 nitrogen and oxygen atoms in total. The van der Waals surface area contributed by atoms with Crippen molar-refractivity contribution in [1.82, 2.24) is 0 Å². The van der Waals surface area contributed by atoms with Crippen molar-refractivity contribution in [1.29, 1.82) is 0 Å². The molecule has 3 N–H and O–H groups in total. The predicted octanol–water partition coefficient (Wildman–Crippen LogP) is 22.7. The molecule has 0 radical (unpaired) electrons. The van der Waals surface area contributed by atoms with Gasteiger partial charge in [0.25, 0.3) is 0 Å². The number of phosphoric acid groups is 2. The van der Waals surface area contributed by atoms with Crippen LogP contribution in [0.3, 0.4) is 0 Å². The lowest BCUT2D eigenvalue weighted by molar-refractivity contribution is -0.161. The fourth-order valence-corrected chi connectivity index (χ4v) is 13.3. The number of aliphatic hydroxyl groups is 1. The molecule has 0 aromatic rings. The van der Waals surface area contributed by atoms with Crippen LogP contribution >= 0.6 is 15.6 Å². The van der Waals surface area contributed by atoms with Gasteiger partial charge in [0, 0.05) is 25.7 Å². The highest BCUT2D eigenvalue weighted by Gasteiger charge is 2.30. The SMILES string of the molecule is CCCCCCCCCCCCCCC(=O)O[C@H](COC(=O)CCCCCCCCCCCC)COP(=O)(O)OC[C@H](O)COP(=O)(O)OC[C@@H](COC(=O)CCCCCCCCCCC(C)CC)OC(=O)CCCCCCCCCCCCCCCCCCCCC(C)CC. The molecule has 0 spiro atoms. The average molecular weight is 1410 g/mol. The first kappa shape index (κ1) is 94.1. The van der Waals surface area contributed by atoms with Crippen molar-refractivity contribution in [2.45, 2.75) is 419 Å². The minimum atomic E-state index is -4.96. The van der Waals surface area contributed by atoms with E-state index in [0.29, 0.717) is 25.7 Å². The Labute approximate surface area is 588 Å². The summed E-state index contributed by atoms with van der Waals surface area (Å²) in [5.74, 6) is -0.466. The zero-order chi connectivity index (χ0) is 70.7. The van der Waals surface area contributed by atoms with Gasteiger partial charge in [-0.2, -0.15) is 0 Å². The van der Waals surface area contributed by atoms with Crippen molar-refractivity contribution < 1.29 is 80.2 Å². The fourth-order valence-electron chi connectivity index (χ4n) is 11.8. The second-order valence-electron chi connectivity index (χ2n) is 28.2. The maximum Gasteiger partial charge on any atom is 0.472 e. The molecule has 0 fully saturated rings. The molecule has 0 aliphatic heterocycles. The molecule has 0 aliphatic carbocycles. The molecule has 0 saturated carbocycles. The van der Waals surface area contributed by atoms with E-state index in [9.17, 15) is 43.2 Å². The molecule has 0 heterocycles. The first-order chi connectivity index (χ1) is 46.4. The van der Waals surface area contributed by atoms with Crippen molar-refractivity contribution in [3.05, 3.63) is 0 Å². The summed E-state index contributed by atoms with van der Waals surface area (Å²) in [6, 6.07) is 0. The molecular weight excluding hydrogens is 1260 g/mol. The Balaban J connectivity index is 5.18. The number of hydrogen-bond acceptors (Lipinski definition) is 15. The number of rotatable bonds is 76. The first-order valence-electron chi connectivity index (χ1n) is 40.1. The highest BCUT2D eigenvalue weighted by atomic mass is 31.2. The van der Waals surface area contributed by atoms with Crippen LogP contribution in [0.2, 0.25) is 0 Å². The molecule has 0 saturated heterocycles. The highest BCUT2D eigenvalue weighted by Crippen LogP contribution is 2.45. The van der Waals surface area contributed by atoms with Crippen LogP contribution in [0.25, 0.3) is 0 Å². The van der Waals surface area contributed by atoms with Crippen molar-refractivity contribution in [3.8, 4) is 0 Å². The van der Waals surface area contributed by atoms with Crippen LogP contribution in [0.5, 0.6) is 0 Å². The van der Waals surface area contributed by atoms with E-state index >= 15 is 0 Å². The van der Waals surface area contributed by atoms with E-state index in [-0.39, 0.29) is 25.7 Å². The van der Waals surface area contributed by atoms with Gasteiger partial charge in [-0.3, -0.25) is 37.3 Å². The third kappa shape index (κ3) is 67.9. The van der Waals surface area contributed by atoms with E-state index < -0.39 is 97.5 Å². The molecule has 4 unspecified atom stereocenters. The predicted molar refractivity (Wildman–Crippen MR) is 391 cm³/mol. The van der Waals surface area contributed by atoms with E-state index in [2.05, 4.69) is 41.5 Å². The highest BCUT2D eigenvalue weighted by molar-refractivity contribution is 7.47.